The predicted molar refractivity (Wildman–Crippen MR) is 271 cm³/mol. The lowest BCUT2D eigenvalue weighted by molar-refractivity contribution is -0.332. The first-order chi connectivity index (χ1) is 34.0. The number of carbonyl (C=O) groups is 2. The van der Waals surface area contributed by atoms with Gasteiger partial charge in [-0.05, 0) is 64.2 Å². The molecule has 11 atom stereocenters. The van der Waals surface area contributed by atoms with Crippen molar-refractivity contribution < 1.29 is 73.8 Å². The molecule has 15 heteroatoms. The van der Waals surface area contributed by atoms with E-state index in [1.807, 2.05) is 0 Å². The van der Waals surface area contributed by atoms with Gasteiger partial charge >= 0.3 is 11.9 Å². The quantitative estimate of drug-likeness (QED) is 0.0172. The summed E-state index contributed by atoms with van der Waals surface area (Å²) in [5.74, 6) is -0.937. The zero-order valence-corrected chi connectivity index (χ0v) is 43.5. The molecule has 410 valence electrons. The zero-order valence-electron chi connectivity index (χ0n) is 43.5. The minimum Gasteiger partial charge on any atom is -0.462 e. The fourth-order valence-electron chi connectivity index (χ4n) is 8.80. The fraction of sp³-hybridized carbons (Fsp3) is 0.891. The first-order valence-corrected chi connectivity index (χ1v) is 27.9. The molecule has 0 aromatic rings. The van der Waals surface area contributed by atoms with Crippen LogP contribution < -0.4 is 0 Å². The number of hydrogen-bond acceptors (Lipinski definition) is 15. The minimum absolute atomic E-state index is 0.164. The van der Waals surface area contributed by atoms with E-state index in [4.69, 9.17) is 28.4 Å². The molecule has 0 spiro atoms. The summed E-state index contributed by atoms with van der Waals surface area (Å²) >= 11 is 0. The Hall–Kier alpha value is -2.02. The van der Waals surface area contributed by atoms with Crippen LogP contribution in [0.25, 0.3) is 0 Å². The van der Waals surface area contributed by atoms with Crippen molar-refractivity contribution in [3.8, 4) is 0 Å². The van der Waals surface area contributed by atoms with Crippen LogP contribution >= 0.6 is 0 Å². The van der Waals surface area contributed by atoms with Crippen LogP contribution in [0.3, 0.4) is 0 Å². The molecule has 4 unspecified atom stereocenters. The third-order valence-corrected chi connectivity index (χ3v) is 13.4. The Morgan fingerprint density at radius 3 is 1.27 bits per heavy atom. The van der Waals surface area contributed by atoms with E-state index in [0.29, 0.717) is 12.8 Å². The summed E-state index contributed by atoms with van der Waals surface area (Å²) in [7, 11) is 0. The largest absolute Gasteiger partial charge is 0.462 e. The summed E-state index contributed by atoms with van der Waals surface area (Å²) in [5, 5.41) is 72.2. The molecule has 2 aliphatic rings. The van der Waals surface area contributed by atoms with Gasteiger partial charge in [0.25, 0.3) is 0 Å². The van der Waals surface area contributed by atoms with Gasteiger partial charge in [-0.3, -0.25) is 9.59 Å². The van der Waals surface area contributed by atoms with Gasteiger partial charge in [0.1, 0.15) is 55.4 Å². The van der Waals surface area contributed by atoms with Gasteiger partial charge in [0.15, 0.2) is 18.7 Å². The molecule has 0 aromatic carbocycles. The Kier molecular flexibility index (Phi) is 38.8. The van der Waals surface area contributed by atoms with E-state index in [-0.39, 0.29) is 26.1 Å². The summed E-state index contributed by atoms with van der Waals surface area (Å²) in [6.07, 6.45) is 27.8. The molecule has 0 radical (unpaired) electrons. The number of carbonyl (C=O) groups excluding carboxylic acids is 2. The number of hydrogen-bond donors (Lipinski definition) is 7. The Balaban J connectivity index is 1.76. The highest BCUT2D eigenvalue weighted by atomic mass is 16.7. The van der Waals surface area contributed by atoms with Gasteiger partial charge in [0, 0.05) is 12.8 Å². The van der Waals surface area contributed by atoms with Crippen LogP contribution in [0, 0.1) is 0 Å². The average molecular weight is 1000 g/mol. The van der Waals surface area contributed by atoms with Crippen molar-refractivity contribution >= 4 is 11.9 Å². The van der Waals surface area contributed by atoms with Gasteiger partial charge in [-0.2, -0.15) is 0 Å². The van der Waals surface area contributed by atoms with E-state index in [2.05, 4.69) is 38.2 Å². The van der Waals surface area contributed by atoms with Crippen LogP contribution in [-0.4, -0.2) is 142 Å². The summed E-state index contributed by atoms with van der Waals surface area (Å²) in [5.41, 5.74) is 0. The molecule has 0 aliphatic carbocycles. The summed E-state index contributed by atoms with van der Waals surface area (Å²) in [6, 6.07) is 0. The third kappa shape index (κ3) is 29.6. The second-order valence-electron chi connectivity index (χ2n) is 19.8. The molecule has 70 heavy (non-hydrogen) atoms. The predicted octanol–water partition coefficient (Wildman–Crippen LogP) is 8.72. The minimum atomic E-state index is -1.77. The average Bonchev–Trinajstić information content (AvgIpc) is 3.35. The number of esters is 2. The fourth-order valence-corrected chi connectivity index (χ4v) is 8.80. The Bertz CT molecular complexity index is 1310. The molecule has 0 amide bonds. The highest BCUT2D eigenvalue weighted by Gasteiger charge is 2.47. The maximum Gasteiger partial charge on any atom is 0.306 e. The van der Waals surface area contributed by atoms with E-state index in [1.54, 1.807) is 0 Å². The number of ether oxygens (including phenoxy) is 6. The maximum absolute atomic E-state index is 13.0. The van der Waals surface area contributed by atoms with Crippen molar-refractivity contribution in [3.63, 3.8) is 0 Å². The highest BCUT2D eigenvalue weighted by Crippen LogP contribution is 2.27. The molecule has 2 fully saturated rings. The van der Waals surface area contributed by atoms with Gasteiger partial charge in [0.2, 0.25) is 0 Å². The molecular formula is C55H100O15. The van der Waals surface area contributed by atoms with E-state index in [1.165, 1.54) is 135 Å². The van der Waals surface area contributed by atoms with Crippen LogP contribution in [0.1, 0.15) is 219 Å². The molecule has 2 aliphatic heterocycles. The number of unbranched alkanes of at least 4 members (excludes halogenated alkanes) is 26. The molecule has 15 nitrogen and oxygen atoms in total. The number of allylic oxidation sites excluding steroid dienone is 4. The zero-order chi connectivity index (χ0) is 51.0. The molecule has 0 aromatic heterocycles. The van der Waals surface area contributed by atoms with Gasteiger partial charge in [-0.25, -0.2) is 0 Å². The maximum atomic E-state index is 13.0. The smallest absolute Gasteiger partial charge is 0.306 e. The van der Waals surface area contributed by atoms with Crippen molar-refractivity contribution in [1.29, 1.82) is 0 Å². The topological polar surface area (TPSA) is 231 Å². The first kappa shape index (κ1) is 64.1. The van der Waals surface area contributed by atoms with Crippen molar-refractivity contribution in [2.24, 2.45) is 0 Å². The highest BCUT2D eigenvalue weighted by molar-refractivity contribution is 5.70. The molecule has 2 rings (SSSR count). The van der Waals surface area contributed by atoms with E-state index >= 15 is 0 Å². The van der Waals surface area contributed by atoms with E-state index < -0.39 is 92.7 Å². The van der Waals surface area contributed by atoms with Crippen LogP contribution in [0.15, 0.2) is 24.3 Å². The lowest BCUT2D eigenvalue weighted by Crippen LogP contribution is -2.61. The van der Waals surface area contributed by atoms with Crippen molar-refractivity contribution in [2.75, 3.05) is 26.4 Å². The van der Waals surface area contributed by atoms with Crippen LogP contribution in [0.5, 0.6) is 0 Å². The molecular weight excluding hydrogens is 901 g/mol. The normalized spacial score (nSPS) is 25.5. The van der Waals surface area contributed by atoms with Crippen LogP contribution in [-0.2, 0) is 38.0 Å². The monoisotopic (exact) mass is 1000 g/mol. The van der Waals surface area contributed by atoms with Crippen molar-refractivity contribution in [2.45, 2.75) is 287 Å². The number of aliphatic hydroxyl groups is 7. The number of aliphatic hydroxyl groups excluding tert-OH is 7. The lowest BCUT2D eigenvalue weighted by Gasteiger charge is -2.42. The Labute approximate surface area is 422 Å². The van der Waals surface area contributed by atoms with Gasteiger partial charge < -0.3 is 64.2 Å². The Morgan fingerprint density at radius 2 is 0.814 bits per heavy atom. The lowest BCUT2D eigenvalue weighted by atomic mass is 9.98. The van der Waals surface area contributed by atoms with Gasteiger partial charge in [0.05, 0.1) is 19.8 Å². The van der Waals surface area contributed by atoms with Crippen molar-refractivity contribution in [1.82, 2.24) is 0 Å². The summed E-state index contributed by atoms with van der Waals surface area (Å²) < 4.78 is 33.6. The second-order valence-corrected chi connectivity index (χ2v) is 19.8. The van der Waals surface area contributed by atoms with Crippen LogP contribution in [0.4, 0.5) is 0 Å². The summed E-state index contributed by atoms with van der Waals surface area (Å²) in [6.45, 7) is 2.59. The van der Waals surface area contributed by atoms with Gasteiger partial charge in [-0.1, -0.05) is 167 Å². The van der Waals surface area contributed by atoms with E-state index in [0.717, 1.165) is 44.9 Å². The first-order valence-electron chi connectivity index (χ1n) is 27.9. The standard InChI is InChI=1S/C55H100O15/c1-3-5-7-9-11-13-15-17-18-19-20-21-22-23-24-26-28-30-32-34-36-38-47(58)68-43(40-65-46(57)37-35-33-31-29-27-25-16-14-12-10-8-6-4-2)41-66-54-53(64)51(62)49(60)45(70-54)42-67-55-52(63)50(61)48(59)44(39-56)69-55/h17-18,25,27,43-45,48-56,59-64H,3-16,19-24,26,28-42H2,1-2H3/b18-17+,27-25+/t43-,44+,45+,48-,49-,50?,51?,52?,53?,54+,55+/m1/s1. The number of rotatable bonds is 44. The third-order valence-electron chi connectivity index (χ3n) is 13.4. The molecule has 2 saturated heterocycles. The molecule has 0 bridgehead atoms. The van der Waals surface area contributed by atoms with Gasteiger partial charge in [-0.15, -0.1) is 0 Å². The summed E-state index contributed by atoms with van der Waals surface area (Å²) in [4.78, 5) is 25.8. The SMILES string of the molecule is CCCCCCCC/C=C/CCCCCCCCCCCCCC(=O)O[C@H](COC(=O)CCCCC/C=C/CCCCCCCC)CO[C@H]1O[C@@H](CO[C@H]2O[C@@H](CO)[C@@H](O)C(O)C2O)[C@@H](O)C(O)C1O. The Morgan fingerprint density at radius 1 is 0.443 bits per heavy atom. The molecule has 2 heterocycles. The van der Waals surface area contributed by atoms with Crippen LogP contribution in [0.2, 0.25) is 0 Å². The van der Waals surface area contributed by atoms with E-state index in [9.17, 15) is 45.3 Å². The second kappa shape index (κ2) is 42.3. The molecule has 0 saturated carbocycles. The van der Waals surface area contributed by atoms with Crippen molar-refractivity contribution in [3.05, 3.63) is 24.3 Å². The molecule has 7 N–H and O–H groups in total.